The molecule has 0 amide bonds. The lowest BCUT2D eigenvalue weighted by molar-refractivity contribution is -0.137. The summed E-state index contributed by atoms with van der Waals surface area (Å²) in [7, 11) is -3.18. The van der Waals surface area contributed by atoms with E-state index in [1.54, 1.807) is 0 Å². The third-order valence-corrected chi connectivity index (χ3v) is 5.35. The lowest BCUT2D eigenvalue weighted by atomic mass is 10.2. The summed E-state index contributed by atoms with van der Waals surface area (Å²) in [5, 5.41) is 1.88. The minimum Gasteiger partial charge on any atom is -0.368 e. The Balaban J connectivity index is 2.12. The smallest absolute Gasteiger partial charge is 0.368 e. The highest BCUT2D eigenvalue weighted by molar-refractivity contribution is 7.92. The highest BCUT2D eigenvalue weighted by atomic mass is 32.2. The molecule has 1 unspecified atom stereocenters. The summed E-state index contributed by atoms with van der Waals surface area (Å²) in [5.74, 6) is -0.217. The van der Waals surface area contributed by atoms with Gasteiger partial charge in [-0.3, -0.25) is 0 Å². The molecule has 19 heavy (non-hydrogen) atoms. The van der Waals surface area contributed by atoms with Crippen molar-refractivity contribution >= 4 is 15.7 Å². The van der Waals surface area contributed by atoms with Crippen molar-refractivity contribution in [1.29, 1.82) is 0 Å². The zero-order valence-electron chi connectivity index (χ0n) is 9.94. The summed E-state index contributed by atoms with van der Waals surface area (Å²) in [6, 6.07) is 2.11. The molecular weight excluding hydrogens is 281 g/mol. The predicted molar refractivity (Wildman–Crippen MR) is 64.5 cm³/mol. The number of alkyl halides is 3. The van der Waals surface area contributed by atoms with E-state index in [0.717, 1.165) is 6.07 Å². The minimum atomic E-state index is -4.51. The maximum atomic E-state index is 12.7. The molecule has 1 fully saturated rings. The van der Waals surface area contributed by atoms with Crippen molar-refractivity contribution in [2.45, 2.75) is 24.3 Å². The first-order valence-electron chi connectivity index (χ1n) is 5.78. The van der Waals surface area contributed by atoms with Crippen LogP contribution in [0.25, 0.3) is 0 Å². The van der Waals surface area contributed by atoms with Gasteiger partial charge in [-0.15, -0.1) is 0 Å². The fourth-order valence-corrected chi connectivity index (χ4v) is 3.84. The van der Waals surface area contributed by atoms with Gasteiger partial charge in [0.25, 0.3) is 0 Å². The molecule has 0 saturated carbocycles. The minimum absolute atomic E-state index is 0.0393. The first kappa shape index (κ1) is 14.1. The van der Waals surface area contributed by atoms with Crippen molar-refractivity contribution in [3.63, 3.8) is 0 Å². The number of hydrogen-bond donors (Lipinski definition) is 1. The van der Waals surface area contributed by atoms with Crippen LogP contribution in [0.15, 0.2) is 18.3 Å². The van der Waals surface area contributed by atoms with Crippen LogP contribution in [0.5, 0.6) is 0 Å². The Morgan fingerprint density at radius 2 is 2.16 bits per heavy atom. The third-order valence-electron chi connectivity index (χ3n) is 3.07. The van der Waals surface area contributed by atoms with E-state index in [0.29, 0.717) is 12.8 Å². The second-order valence-electron chi connectivity index (χ2n) is 4.41. The molecule has 8 heteroatoms. The van der Waals surface area contributed by atoms with Crippen LogP contribution < -0.4 is 5.32 Å². The maximum Gasteiger partial charge on any atom is 0.419 e. The second-order valence-corrected chi connectivity index (χ2v) is 6.81. The molecule has 1 saturated heterocycles. The molecule has 0 aliphatic carbocycles. The highest BCUT2D eigenvalue weighted by Gasteiger charge is 2.35. The SMILES string of the molecule is O=S1(=O)CCCC1CNc1ncccc1C(F)(F)F. The molecule has 1 aromatic rings. The largest absolute Gasteiger partial charge is 0.419 e. The number of rotatable bonds is 3. The van der Waals surface area contributed by atoms with E-state index in [9.17, 15) is 21.6 Å². The number of aromatic nitrogens is 1. The summed E-state index contributed by atoms with van der Waals surface area (Å²) < 4.78 is 61.3. The Morgan fingerprint density at radius 3 is 2.74 bits per heavy atom. The van der Waals surface area contributed by atoms with Crippen molar-refractivity contribution in [3.05, 3.63) is 23.9 Å². The summed E-state index contributed by atoms with van der Waals surface area (Å²) in [6.45, 7) is -0.0393. The van der Waals surface area contributed by atoms with E-state index in [-0.39, 0.29) is 18.1 Å². The van der Waals surface area contributed by atoms with Gasteiger partial charge in [-0.25, -0.2) is 13.4 Å². The molecule has 4 nitrogen and oxygen atoms in total. The van der Waals surface area contributed by atoms with Gasteiger partial charge < -0.3 is 5.32 Å². The topological polar surface area (TPSA) is 59.1 Å². The summed E-state index contributed by atoms with van der Waals surface area (Å²) in [5.41, 5.74) is -0.884. The first-order valence-corrected chi connectivity index (χ1v) is 7.50. The van der Waals surface area contributed by atoms with Crippen LogP contribution in [0, 0.1) is 0 Å². The number of halogens is 3. The molecule has 1 aromatic heterocycles. The Bertz CT molecular complexity index is 557. The molecule has 0 radical (unpaired) electrons. The molecule has 1 N–H and O–H groups in total. The van der Waals surface area contributed by atoms with Gasteiger partial charge in [0.2, 0.25) is 0 Å². The van der Waals surface area contributed by atoms with Crippen molar-refractivity contribution in [3.8, 4) is 0 Å². The molecule has 2 rings (SSSR count). The molecule has 1 aliphatic heterocycles. The van der Waals surface area contributed by atoms with Gasteiger partial charge in [-0.05, 0) is 25.0 Å². The van der Waals surface area contributed by atoms with Gasteiger partial charge in [0.15, 0.2) is 9.84 Å². The number of pyridine rings is 1. The summed E-state index contributed by atoms with van der Waals surface area (Å²) in [4.78, 5) is 3.63. The van der Waals surface area contributed by atoms with Crippen LogP contribution in [0.3, 0.4) is 0 Å². The number of nitrogens with zero attached hydrogens (tertiary/aromatic N) is 1. The van der Waals surface area contributed by atoms with Gasteiger partial charge >= 0.3 is 6.18 Å². The van der Waals surface area contributed by atoms with Crippen molar-refractivity contribution in [1.82, 2.24) is 4.98 Å². The Kier molecular flexibility index (Phi) is 3.71. The van der Waals surface area contributed by atoms with Gasteiger partial charge in [0, 0.05) is 12.7 Å². The van der Waals surface area contributed by atoms with Crippen molar-refractivity contribution in [2.75, 3.05) is 17.6 Å². The molecular formula is C11H13F3N2O2S. The van der Waals surface area contributed by atoms with Crippen LogP contribution in [0.2, 0.25) is 0 Å². The average molecular weight is 294 g/mol. The number of anilines is 1. The maximum absolute atomic E-state index is 12.7. The van der Waals surface area contributed by atoms with E-state index < -0.39 is 26.8 Å². The third kappa shape index (κ3) is 3.17. The molecule has 1 atom stereocenters. The first-order chi connectivity index (χ1) is 8.81. The molecule has 0 bridgehead atoms. The van der Waals surface area contributed by atoms with Crippen LogP contribution in [-0.2, 0) is 16.0 Å². The predicted octanol–water partition coefficient (Wildman–Crippen LogP) is 2.09. The van der Waals surface area contributed by atoms with E-state index in [2.05, 4.69) is 10.3 Å². The lowest BCUT2D eigenvalue weighted by Crippen LogP contribution is -2.26. The number of sulfone groups is 1. The van der Waals surface area contributed by atoms with Crippen molar-refractivity contribution in [2.24, 2.45) is 0 Å². The van der Waals surface area contributed by atoms with Crippen LogP contribution >= 0.6 is 0 Å². The fourth-order valence-electron chi connectivity index (χ4n) is 2.07. The van der Waals surface area contributed by atoms with Crippen LogP contribution in [-0.4, -0.2) is 30.9 Å². The van der Waals surface area contributed by atoms with E-state index in [4.69, 9.17) is 0 Å². The Hall–Kier alpha value is -1.31. The van der Waals surface area contributed by atoms with E-state index in [1.165, 1.54) is 12.3 Å². The summed E-state index contributed by atoms with van der Waals surface area (Å²) in [6.07, 6.45) is -2.24. The Morgan fingerprint density at radius 1 is 1.42 bits per heavy atom. The van der Waals surface area contributed by atoms with E-state index >= 15 is 0 Å². The highest BCUT2D eigenvalue weighted by Crippen LogP contribution is 2.33. The standard InChI is InChI=1S/C11H13F3N2O2S/c12-11(13,14)9-4-1-5-15-10(9)16-7-8-3-2-6-19(8,17)18/h1,4-5,8H,2-3,6-7H2,(H,15,16). The van der Waals surface area contributed by atoms with Crippen LogP contribution in [0.1, 0.15) is 18.4 Å². The molecule has 0 aromatic carbocycles. The Labute approximate surface area is 109 Å². The average Bonchev–Trinajstić information content (AvgIpc) is 2.65. The van der Waals surface area contributed by atoms with E-state index in [1.807, 2.05) is 0 Å². The number of hydrogen-bond acceptors (Lipinski definition) is 4. The fraction of sp³-hybridized carbons (Fsp3) is 0.545. The quantitative estimate of drug-likeness (QED) is 0.927. The second kappa shape index (κ2) is 4.99. The van der Waals surface area contributed by atoms with Gasteiger partial charge in [-0.1, -0.05) is 0 Å². The van der Waals surface area contributed by atoms with Gasteiger partial charge in [0.1, 0.15) is 5.82 Å². The zero-order valence-corrected chi connectivity index (χ0v) is 10.8. The van der Waals surface area contributed by atoms with Gasteiger partial charge in [0.05, 0.1) is 16.6 Å². The zero-order chi connectivity index (χ0) is 14.1. The number of nitrogens with one attached hydrogen (secondary N) is 1. The molecule has 1 aliphatic rings. The normalized spacial score (nSPS) is 22.4. The molecule has 0 spiro atoms. The lowest BCUT2D eigenvalue weighted by Gasteiger charge is -2.15. The summed E-state index contributed by atoms with van der Waals surface area (Å²) >= 11 is 0. The van der Waals surface area contributed by atoms with Gasteiger partial charge in [-0.2, -0.15) is 13.2 Å². The molecule has 106 valence electrons. The monoisotopic (exact) mass is 294 g/mol. The molecule has 2 heterocycles. The van der Waals surface area contributed by atoms with Crippen molar-refractivity contribution < 1.29 is 21.6 Å². The van der Waals surface area contributed by atoms with Crippen LogP contribution in [0.4, 0.5) is 19.0 Å².